The van der Waals surface area contributed by atoms with Crippen molar-refractivity contribution in [3.05, 3.63) is 12.1 Å². The van der Waals surface area contributed by atoms with Crippen LogP contribution in [-0.4, -0.2) is 47.3 Å². The van der Waals surface area contributed by atoms with Crippen molar-refractivity contribution in [2.75, 3.05) is 20.2 Å². The van der Waals surface area contributed by atoms with Crippen molar-refractivity contribution >= 4 is 5.91 Å². The van der Waals surface area contributed by atoms with Crippen molar-refractivity contribution in [3.8, 4) is 11.8 Å². The van der Waals surface area contributed by atoms with Crippen molar-refractivity contribution in [3.63, 3.8) is 0 Å². The van der Waals surface area contributed by atoms with Gasteiger partial charge in [0.1, 0.15) is 6.10 Å². The van der Waals surface area contributed by atoms with Gasteiger partial charge in [0, 0.05) is 30.5 Å². The predicted octanol–water partition coefficient (Wildman–Crippen LogP) is 1.51. The fourth-order valence-electron chi connectivity index (χ4n) is 2.13. The summed E-state index contributed by atoms with van der Waals surface area (Å²) in [5.41, 5.74) is -0.352. The van der Waals surface area contributed by atoms with Crippen LogP contribution < -0.4 is 9.47 Å². The maximum atomic E-state index is 12.2. The Morgan fingerprint density at radius 3 is 2.50 bits per heavy atom. The average molecular weight is 279 g/mol. The number of rotatable bonds is 3. The molecule has 0 bridgehead atoms. The summed E-state index contributed by atoms with van der Waals surface area (Å²) in [6, 6.07) is 3.43. The number of ether oxygens (including phenoxy) is 2. The molecule has 1 amide bonds. The second kappa shape index (κ2) is 5.64. The number of carbonyl (C=O) groups is 1. The Morgan fingerprint density at radius 2 is 1.95 bits per heavy atom. The largest absolute Gasteiger partial charge is 0.480 e. The molecular formula is C14H21N3O3. The molecule has 110 valence electrons. The van der Waals surface area contributed by atoms with Crippen molar-refractivity contribution < 1.29 is 14.3 Å². The van der Waals surface area contributed by atoms with Gasteiger partial charge in [-0.1, -0.05) is 20.8 Å². The highest BCUT2D eigenvalue weighted by atomic mass is 16.5. The van der Waals surface area contributed by atoms with E-state index in [0.717, 1.165) is 13.0 Å². The molecule has 1 aromatic heterocycles. The topological polar surface area (TPSA) is 64.6 Å². The van der Waals surface area contributed by atoms with Crippen molar-refractivity contribution in [2.45, 2.75) is 33.3 Å². The third-order valence-electron chi connectivity index (χ3n) is 3.19. The van der Waals surface area contributed by atoms with Crippen molar-refractivity contribution in [1.82, 2.24) is 15.1 Å². The highest BCUT2D eigenvalue weighted by Crippen LogP contribution is 2.23. The number of methoxy groups -OCH3 is 1. The molecule has 6 heteroatoms. The summed E-state index contributed by atoms with van der Waals surface area (Å²) in [5.74, 6) is 1.07. The summed E-state index contributed by atoms with van der Waals surface area (Å²) in [5, 5.41) is 7.79. The van der Waals surface area contributed by atoms with Gasteiger partial charge >= 0.3 is 0 Å². The highest BCUT2D eigenvalue weighted by Gasteiger charge is 2.33. The Labute approximate surface area is 119 Å². The summed E-state index contributed by atoms with van der Waals surface area (Å²) < 4.78 is 10.7. The first-order valence-electron chi connectivity index (χ1n) is 6.74. The lowest BCUT2D eigenvalue weighted by molar-refractivity contribution is -0.138. The van der Waals surface area contributed by atoms with E-state index in [1.54, 1.807) is 12.1 Å². The molecule has 0 aromatic carbocycles. The van der Waals surface area contributed by atoms with E-state index in [4.69, 9.17) is 9.47 Å². The van der Waals surface area contributed by atoms with Crippen LogP contribution in [0.5, 0.6) is 11.8 Å². The van der Waals surface area contributed by atoms with E-state index >= 15 is 0 Å². The Balaban J connectivity index is 1.91. The van der Waals surface area contributed by atoms with Gasteiger partial charge in [0.2, 0.25) is 17.7 Å². The van der Waals surface area contributed by atoms with Crippen LogP contribution in [0.3, 0.4) is 0 Å². The first-order chi connectivity index (χ1) is 9.40. The summed E-state index contributed by atoms with van der Waals surface area (Å²) in [6.45, 7) is 7.11. The molecule has 0 spiro atoms. The van der Waals surface area contributed by atoms with Gasteiger partial charge in [-0.3, -0.25) is 4.79 Å². The van der Waals surface area contributed by atoms with Crippen LogP contribution in [0, 0.1) is 5.41 Å². The van der Waals surface area contributed by atoms with Gasteiger partial charge in [-0.15, -0.1) is 10.2 Å². The summed E-state index contributed by atoms with van der Waals surface area (Å²) in [7, 11) is 1.54. The molecule has 1 saturated heterocycles. The van der Waals surface area contributed by atoms with Crippen LogP contribution in [0.2, 0.25) is 0 Å². The number of aromatic nitrogens is 2. The average Bonchev–Trinajstić information content (AvgIpc) is 2.86. The second-order valence-electron chi connectivity index (χ2n) is 5.94. The van der Waals surface area contributed by atoms with E-state index in [1.807, 2.05) is 25.7 Å². The Hall–Kier alpha value is -1.85. The number of amides is 1. The zero-order valence-electron chi connectivity index (χ0n) is 12.4. The normalized spacial score (nSPS) is 19.0. The number of hydrogen-bond donors (Lipinski definition) is 0. The molecule has 2 rings (SSSR count). The third kappa shape index (κ3) is 3.37. The number of likely N-dealkylation sites (tertiary alicyclic amines) is 1. The van der Waals surface area contributed by atoms with Crippen LogP contribution >= 0.6 is 0 Å². The Bertz CT molecular complexity index is 468. The minimum atomic E-state index is -0.352. The number of carbonyl (C=O) groups excluding carboxylic acids is 1. The van der Waals surface area contributed by atoms with Gasteiger partial charge < -0.3 is 14.4 Å². The zero-order valence-corrected chi connectivity index (χ0v) is 12.4. The SMILES string of the molecule is COc1ccc(OC2CCN(C(=O)C(C)(C)C)C2)nn1. The van der Waals surface area contributed by atoms with Gasteiger partial charge in [0.15, 0.2) is 0 Å². The number of nitrogens with zero attached hydrogens (tertiary/aromatic N) is 3. The standard InChI is InChI=1S/C14H21N3O3/c1-14(2,3)13(18)17-8-7-10(9-17)20-12-6-5-11(19-4)15-16-12/h5-6,10H,7-9H2,1-4H3. The van der Waals surface area contributed by atoms with Gasteiger partial charge in [0.05, 0.1) is 13.7 Å². The molecule has 1 aliphatic rings. The molecule has 1 unspecified atom stereocenters. The first-order valence-corrected chi connectivity index (χ1v) is 6.74. The van der Waals surface area contributed by atoms with Gasteiger partial charge in [0.25, 0.3) is 0 Å². The molecule has 0 N–H and O–H groups in total. The second-order valence-corrected chi connectivity index (χ2v) is 5.94. The fourth-order valence-corrected chi connectivity index (χ4v) is 2.13. The molecule has 6 nitrogen and oxygen atoms in total. The van der Waals surface area contributed by atoms with E-state index in [-0.39, 0.29) is 17.4 Å². The molecule has 0 radical (unpaired) electrons. The first kappa shape index (κ1) is 14.6. The summed E-state index contributed by atoms with van der Waals surface area (Å²) in [6.07, 6.45) is 0.791. The lowest BCUT2D eigenvalue weighted by Crippen LogP contribution is -2.38. The smallest absolute Gasteiger partial charge is 0.233 e. The molecule has 1 aliphatic heterocycles. The zero-order chi connectivity index (χ0) is 14.8. The fraction of sp³-hybridized carbons (Fsp3) is 0.643. The van der Waals surface area contributed by atoms with Crippen LogP contribution in [0.1, 0.15) is 27.2 Å². The van der Waals surface area contributed by atoms with Crippen LogP contribution in [0.15, 0.2) is 12.1 Å². The quantitative estimate of drug-likeness (QED) is 0.839. The predicted molar refractivity (Wildman–Crippen MR) is 73.7 cm³/mol. The van der Waals surface area contributed by atoms with E-state index in [9.17, 15) is 4.79 Å². The van der Waals surface area contributed by atoms with E-state index in [2.05, 4.69) is 10.2 Å². The monoisotopic (exact) mass is 279 g/mol. The maximum Gasteiger partial charge on any atom is 0.233 e. The Kier molecular flexibility index (Phi) is 4.11. The van der Waals surface area contributed by atoms with Crippen LogP contribution in [0.25, 0.3) is 0 Å². The molecule has 0 saturated carbocycles. The third-order valence-corrected chi connectivity index (χ3v) is 3.19. The number of hydrogen-bond acceptors (Lipinski definition) is 5. The molecular weight excluding hydrogens is 258 g/mol. The highest BCUT2D eigenvalue weighted by molar-refractivity contribution is 5.81. The van der Waals surface area contributed by atoms with Gasteiger partial charge in [-0.2, -0.15) is 0 Å². The van der Waals surface area contributed by atoms with Gasteiger partial charge in [-0.25, -0.2) is 0 Å². The van der Waals surface area contributed by atoms with Crippen LogP contribution in [-0.2, 0) is 4.79 Å². The molecule has 0 aliphatic carbocycles. The minimum Gasteiger partial charge on any atom is -0.480 e. The summed E-state index contributed by atoms with van der Waals surface area (Å²) >= 11 is 0. The molecule has 1 fully saturated rings. The van der Waals surface area contributed by atoms with Crippen molar-refractivity contribution in [1.29, 1.82) is 0 Å². The van der Waals surface area contributed by atoms with E-state index in [1.165, 1.54) is 7.11 Å². The molecule has 1 atom stereocenters. The minimum absolute atomic E-state index is 0.0241. The van der Waals surface area contributed by atoms with Crippen molar-refractivity contribution in [2.24, 2.45) is 5.41 Å². The Morgan fingerprint density at radius 1 is 1.30 bits per heavy atom. The molecule has 20 heavy (non-hydrogen) atoms. The van der Waals surface area contributed by atoms with Gasteiger partial charge in [-0.05, 0) is 0 Å². The lowest BCUT2D eigenvalue weighted by atomic mass is 9.95. The lowest BCUT2D eigenvalue weighted by Gasteiger charge is -2.25. The van der Waals surface area contributed by atoms with E-state index < -0.39 is 0 Å². The van der Waals surface area contributed by atoms with E-state index in [0.29, 0.717) is 18.3 Å². The molecule has 2 heterocycles. The van der Waals surface area contributed by atoms with Crippen LogP contribution in [0.4, 0.5) is 0 Å². The summed E-state index contributed by atoms with van der Waals surface area (Å²) in [4.78, 5) is 14.0. The molecule has 1 aromatic rings. The maximum absolute atomic E-state index is 12.2.